The van der Waals surface area contributed by atoms with Crippen molar-refractivity contribution in [3.05, 3.63) is 0 Å². The first kappa shape index (κ1) is 14.9. The van der Waals surface area contributed by atoms with Crippen LogP contribution in [0.2, 0.25) is 0 Å². The van der Waals surface area contributed by atoms with Crippen LogP contribution in [-0.4, -0.2) is 48.3 Å². The maximum absolute atomic E-state index is 9.77. The van der Waals surface area contributed by atoms with Crippen LogP contribution in [0, 0.1) is 11.8 Å². The van der Waals surface area contributed by atoms with Gasteiger partial charge in [-0.3, -0.25) is 0 Å². The molecule has 3 atom stereocenters. The van der Waals surface area contributed by atoms with Gasteiger partial charge in [0.05, 0.1) is 6.10 Å². The summed E-state index contributed by atoms with van der Waals surface area (Å²) >= 11 is 0. The van der Waals surface area contributed by atoms with E-state index in [2.05, 4.69) is 31.0 Å². The summed E-state index contributed by atoms with van der Waals surface area (Å²) in [5.41, 5.74) is 0. The molecule has 102 valence electrons. The van der Waals surface area contributed by atoms with Crippen molar-refractivity contribution in [2.45, 2.75) is 52.7 Å². The first-order chi connectivity index (χ1) is 8.02. The summed E-state index contributed by atoms with van der Waals surface area (Å²) in [4.78, 5) is 2.45. The van der Waals surface area contributed by atoms with E-state index in [0.29, 0.717) is 12.0 Å². The van der Waals surface area contributed by atoms with Crippen LogP contribution < -0.4 is 5.32 Å². The average molecular weight is 242 g/mol. The standard InChI is InChI=1S/C14H30N2O/c1-5-16-9-13(12(4)17)8-14(10-16)15-7-6-11(2)3/h11-15,17H,5-10H2,1-4H3. The number of hydrogen-bond acceptors (Lipinski definition) is 3. The van der Waals surface area contributed by atoms with Crippen molar-refractivity contribution >= 4 is 0 Å². The Morgan fingerprint density at radius 3 is 2.53 bits per heavy atom. The molecule has 0 saturated carbocycles. The number of aliphatic hydroxyl groups excluding tert-OH is 1. The van der Waals surface area contributed by atoms with Gasteiger partial charge in [-0.2, -0.15) is 0 Å². The van der Waals surface area contributed by atoms with E-state index in [1.165, 1.54) is 6.42 Å². The van der Waals surface area contributed by atoms with Gasteiger partial charge in [0.2, 0.25) is 0 Å². The molecule has 0 aromatic carbocycles. The van der Waals surface area contributed by atoms with Crippen molar-refractivity contribution in [1.82, 2.24) is 10.2 Å². The number of nitrogens with zero attached hydrogens (tertiary/aromatic N) is 1. The number of piperidine rings is 1. The lowest BCUT2D eigenvalue weighted by atomic mass is 9.90. The number of likely N-dealkylation sites (tertiary alicyclic amines) is 1. The van der Waals surface area contributed by atoms with Crippen LogP contribution in [0.4, 0.5) is 0 Å². The van der Waals surface area contributed by atoms with Crippen LogP contribution in [-0.2, 0) is 0 Å². The highest BCUT2D eigenvalue weighted by atomic mass is 16.3. The van der Waals surface area contributed by atoms with Crippen LogP contribution in [0.1, 0.15) is 40.5 Å². The minimum Gasteiger partial charge on any atom is -0.393 e. The lowest BCUT2D eigenvalue weighted by Gasteiger charge is -2.39. The predicted molar refractivity (Wildman–Crippen MR) is 73.1 cm³/mol. The van der Waals surface area contributed by atoms with Crippen LogP contribution in [0.5, 0.6) is 0 Å². The highest BCUT2D eigenvalue weighted by molar-refractivity contribution is 4.85. The normalized spacial score (nSPS) is 28.6. The van der Waals surface area contributed by atoms with E-state index in [0.717, 1.165) is 38.5 Å². The van der Waals surface area contributed by atoms with Crippen LogP contribution >= 0.6 is 0 Å². The maximum atomic E-state index is 9.77. The molecule has 1 aliphatic rings. The van der Waals surface area contributed by atoms with Crippen LogP contribution in [0.3, 0.4) is 0 Å². The summed E-state index contributed by atoms with van der Waals surface area (Å²) in [7, 11) is 0. The van der Waals surface area contributed by atoms with E-state index in [9.17, 15) is 5.11 Å². The van der Waals surface area contributed by atoms with Gasteiger partial charge in [-0.05, 0) is 44.7 Å². The van der Waals surface area contributed by atoms with Gasteiger partial charge >= 0.3 is 0 Å². The fourth-order valence-corrected chi connectivity index (χ4v) is 2.56. The number of likely N-dealkylation sites (N-methyl/N-ethyl adjacent to an activating group) is 1. The van der Waals surface area contributed by atoms with Gasteiger partial charge in [-0.25, -0.2) is 0 Å². The van der Waals surface area contributed by atoms with Gasteiger partial charge in [0.15, 0.2) is 0 Å². The summed E-state index contributed by atoms with van der Waals surface area (Å²) < 4.78 is 0. The average Bonchev–Trinajstić information content (AvgIpc) is 2.28. The van der Waals surface area contributed by atoms with Gasteiger partial charge in [-0.1, -0.05) is 20.8 Å². The molecule has 3 unspecified atom stereocenters. The number of rotatable bonds is 6. The minimum absolute atomic E-state index is 0.182. The Bertz CT molecular complexity index is 206. The van der Waals surface area contributed by atoms with E-state index < -0.39 is 0 Å². The molecule has 0 aliphatic carbocycles. The third kappa shape index (κ3) is 5.36. The molecule has 1 fully saturated rings. The molecule has 0 amide bonds. The Labute approximate surface area is 107 Å². The molecule has 1 saturated heterocycles. The first-order valence-corrected chi connectivity index (χ1v) is 7.16. The molecule has 0 aromatic heterocycles. The largest absolute Gasteiger partial charge is 0.393 e. The third-order valence-corrected chi connectivity index (χ3v) is 3.84. The zero-order valence-electron chi connectivity index (χ0n) is 11.9. The highest BCUT2D eigenvalue weighted by Gasteiger charge is 2.28. The monoisotopic (exact) mass is 242 g/mol. The van der Waals surface area contributed by atoms with Gasteiger partial charge in [0.25, 0.3) is 0 Å². The molecule has 1 heterocycles. The topological polar surface area (TPSA) is 35.5 Å². The van der Waals surface area contributed by atoms with Crippen molar-refractivity contribution in [3.63, 3.8) is 0 Å². The summed E-state index contributed by atoms with van der Waals surface area (Å²) in [6.45, 7) is 13.0. The molecule has 0 bridgehead atoms. The predicted octanol–water partition coefficient (Wildman–Crippen LogP) is 1.71. The molecule has 0 spiro atoms. The molecular weight excluding hydrogens is 212 g/mol. The van der Waals surface area contributed by atoms with Crippen molar-refractivity contribution in [2.24, 2.45) is 11.8 Å². The molecule has 1 aliphatic heterocycles. The lowest BCUT2D eigenvalue weighted by molar-refractivity contribution is 0.0502. The Kier molecular flexibility index (Phi) is 6.45. The third-order valence-electron chi connectivity index (χ3n) is 3.84. The first-order valence-electron chi connectivity index (χ1n) is 7.16. The van der Waals surface area contributed by atoms with E-state index in [4.69, 9.17) is 0 Å². The summed E-state index contributed by atoms with van der Waals surface area (Å²) in [5, 5.41) is 13.4. The Morgan fingerprint density at radius 1 is 1.29 bits per heavy atom. The second-order valence-corrected chi connectivity index (χ2v) is 5.92. The molecule has 0 radical (unpaired) electrons. The van der Waals surface area contributed by atoms with Gasteiger partial charge in [-0.15, -0.1) is 0 Å². The van der Waals surface area contributed by atoms with Crippen molar-refractivity contribution < 1.29 is 5.11 Å². The SMILES string of the molecule is CCN1CC(NCCC(C)C)CC(C(C)O)C1. The number of aliphatic hydroxyl groups is 1. The van der Waals surface area contributed by atoms with E-state index in [-0.39, 0.29) is 6.10 Å². The number of nitrogens with one attached hydrogen (secondary N) is 1. The molecule has 3 heteroatoms. The zero-order valence-corrected chi connectivity index (χ0v) is 11.9. The molecule has 0 aromatic rings. The molecule has 3 nitrogen and oxygen atoms in total. The quantitative estimate of drug-likeness (QED) is 0.744. The molecular formula is C14H30N2O. The summed E-state index contributed by atoms with van der Waals surface area (Å²) in [5.74, 6) is 1.20. The number of hydrogen-bond donors (Lipinski definition) is 2. The maximum Gasteiger partial charge on any atom is 0.0553 e. The second-order valence-electron chi connectivity index (χ2n) is 5.92. The van der Waals surface area contributed by atoms with E-state index in [1.807, 2.05) is 6.92 Å². The van der Waals surface area contributed by atoms with Crippen LogP contribution in [0.25, 0.3) is 0 Å². The lowest BCUT2D eigenvalue weighted by Crippen LogP contribution is -2.51. The van der Waals surface area contributed by atoms with Gasteiger partial charge in [0, 0.05) is 19.1 Å². The van der Waals surface area contributed by atoms with E-state index in [1.54, 1.807) is 0 Å². The minimum atomic E-state index is -0.182. The summed E-state index contributed by atoms with van der Waals surface area (Å²) in [6.07, 6.45) is 2.17. The van der Waals surface area contributed by atoms with Crippen molar-refractivity contribution in [2.75, 3.05) is 26.2 Å². The highest BCUT2D eigenvalue weighted by Crippen LogP contribution is 2.20. The fourth-order valence-electron chi connectivity index (χ4n) is 2.56. The van der Waals surface area contributed by atoms with Crippen molar-refractivity contribution in [3.8, 4) is 0 Å². The van der Waals surface area contributed by atoms with Crippen molar-refractivity contribution in [1.29, 1.82) is 0 Å². The van der Waals surface area contributed by atoms with Gasteiger partial charge in [0.1, 0.15) is 0 Å². The smallest absolute Gasteiger partial charge is 0.0553 e. The Morgan fingerprint density at radius 2 is 2.00 bits per heavy atom. The van der Waals surface area contributed by atoms with Gasteiger partial charge < -0.3 is 15.3 Å². The zero-order chi connectivity index (χ0) is 12.8. The van der Waals surface area contributed by atoms with Crippen LogP contribution in [0.15, 0.2) is 0 Å². The Balaban J connectivity index is 2.37. The molecule has 17 heavy (non-hydrogen) atoms. The summed E-state index contributed by atoms with van der Waals surface area (Å²) in [6, 6.07) is 0.557. The molecule has 2 N–H and O–H groups in total. The Hall–Kier alpha value is -0.120. The fraction of sp³-hybridized carbons (Fsp3) is 1.00. The second kappa shape index (κ2) is 7.34. The van der Waals surface area contributed by atoms with E-state index >= 15 is 0 Å². The molecule has 1 rings (SSSR count).